The van der Waals surface area contributed by atoms with Gasteiger partial charge in [-0.15, -0.1) is 0 Å². The van der Waals surface area contributed by atoms with Crippen molar-refractivity contribution in [1.82, 2.24) is 15.3 Å². The topological polar surface area (TPSA) is 69.5 Å². The molecule has 0 bridgehead atoms. The maximum Gasteiger partial charge on any atom is 0.232 e. The van der Waals surface area contributed by atoms with Gasteiger partial charge in [0.25, 0.3) is 0 Å². The van der Waals surface area contributed by atoms with E-state index in [-0.39, 0.29) is 0 Å². The van der Waals surface area contributed by atoms with Crippen LogP contribution in [0.1, 0.15) is 38.9 Å². The number of hydrogen-bond donors (Lipinski definition) is 2. The number of nitrogens with zero attached hydrogens (tertiary/aromatic N) is 4. The molecule has 2 fully saturated rings. The Balaban J connectivity index is 1.27. The minimum absolute atomic E-state index is 0.479. The fourth-order valence-electron chi connectivity index (χ4n) is 5.14. The van der Waals surface area contributed by atoms with Crippen LogP contribution in [0, 0.1) is 11.8 Å². The molecule has 2 aliphatic heterocycles. The molecular weight excluding hydrogens is 456 g/mol. The first-order chi connectivity index (χ1) is 17.0. The number of furan rings is 1. The van der Waals surface area contributed by atoms with Crippen LogP contribution in [0.2, 0.25) is 0 Å². The molecule has 0 spiro atoms. The molecule has 35 heavy (non-hydrogen) atoms. The van der Waals surface area contributed by atoms with Crippen LogP contribution in [-0.4, -0.2) is 41.3 Å². The first-order valence-corrected chi connectivity index (χ1v) is 13.0. The van der Waals surface area contributed by atoms with Gasteiger partial charge in [-0.05, 0) is 55.4 Å². The van der Waals surface area contributed by atoms with E-state index in [4.69, 9.17) is 26.6 Å². The van der Waals surface area contributed by atoms with Crippen molar-refractivity contribution in [3.8, 4) is 11.3 Å². The first kappa shape index (κ1) is 23.6. The highest BCUT2D eigenvalue weighted by atomic mass is 32.1. The summed E-state index contributed by atoms with van der Waals surface area (Å²) in [6, 6.07) is 16.2. The van der Waals surface area contributed by atoms with Crippen molar-refractivity contribution >= 4 is 34.9 Å². The number of anilines is 3. The normalized spacial score (nSPS) is 20.2. The fraction of sp³-hybridized carbons (Fsp3) is 0.444. The summed E-state index contributed by atoms with van der Waals surface area (Å²) in [5.74, 6) is 5.45. The first-order valence-electron chi connectivity index (χ1n) is 12.6. The lowest BCUT2D eigenvalue weighted by molar-refractivity contribution is 0.355. The van der Waals surface area contributed by atoms with Crippen LogP contribution < -0.4 is 20.4 Å². The molecule has 2 N–H and O–H groups in total. The van der Waals surface area contributed by atoms with E-state index in [9.17, 15) is 0 Å². The molecule has 0 radical (unpaired) electrons. The Hall–Kier alpha value is -3.13. The summed E-state index contributed by atoms with van der Waals surface area (Å²) in [5.41, 5.74) is 1.06. The zero-order chi connectivity index (χ0) is 24.2. The second-order valence-electron chi connectivity index (χ2n) is 9.89. The van der Waals surface area contributed by atoms with E-state index in [1.807, 2.05) is 42.5 Å². The fourth-order valence-corrected chi connectivity index (χ4v) is 5.31. The maximum atomic E-state index is 5.98. The van der Waals surface area contributed by atoms with E-state index in [2.05, 4.69) is 40.3 Å². The molecule has 3 aromatic rings. The Morgan fingerprint density at radius 1 is 0.971 bits per heavy atom. The van der Waals surface area contributed by atoms with Crippen molar-refractivity contribution in [2.24, 2.45) is 11.8 Å². The summed E-state index contributed by atoms with van der Waals surface area (Å²) in [5, 5.41) is 6.93. The smallest absolute Gasteiger partial charge is 0.232 e. The molecule has 7 nitrogen and oxygen atoms in total. The largest absolute Gasteiger partial charge is 0.459 e. The summed E-state index contributed by atoms with van der Waals surface area (Å²) in [6.07, 6.45) is 3.67. The van der Waals surface area contributed by atoms with Crippen LogP contribution in [0.4, 0.5) is 17.6 Å². The molecule has 4 heterocycles. The Labute approximate surface area is 212 Å². The van der Waals surface area contributed by atoms with E-state index in [0.29, 0.717) is 29.4 Å². The molecule has 2 aliphatic rings. The molecule has 2 aromatic heterocycles. The lowest BCUT2D eigenvalue weighted by atomic mass is 9.92. The molecule has 0 amide bonds. The van der Waals surface area contributed by atoms with Crippen molar-refractivity contribution < 1.29 is 4.42 Å². The lowest BCUT2D eigenvalue weighted by Gasteiger charge is -2.36. The van der Waals surface area contributed by atoms with Gasteiger partial charge in [-0.1, -0.05) is 44.2 Å². The SMILES string of the molecule is C[C@@H]1C[C@H](C)CN(c2cc(N3CCCC3)nc(NC(=S)NCc3ccc(-c4ccccc4)o3)n2)C1. The van der Waals surface area contributed by atoms with Gasteiger partial charge in [-0.25, -0.2) is 0 Å². The number of nitrogens with one attached hydrogen (secondary N) is 2. The van der Waals surface area contributed by atoms with Gasteiger partial charge in [0, 0.05) is 37.8 Å². The second kappa shape index (κ2) is 10.6. The van der Waals surface area contributed by atoms with E-state index >= 15 is 0 Å². The number of hydrogen-bond acceptors (Lipinski definition) is 6. The van der Waals surface area contributed by atoms with Crippen LogP contribution in [0.3, 0.4) is 0 Å². The van der Waals surface area contributed by atoms with E-state index < -0.39 is 0 Å². The van der Waals surface area contributed by atoms with Crippen molar-refractivity contribution in [2.75, 3.05) is 41.3 Å². The van der Waals surface area contributed by atoms with E-state index in [0.717, 1.165) is 54.9 Å². The van der Waals surface area contributed by atoms with Crippen LogP contribution in [0.15, 0.2) is 52.9 Å². The van der Waals surface area contributed by atoms with E-state index in [1.54, 1.807) is 0 Å². The van der Waals surface area contributed by atoms with Gasteiger partial charge >= 0.3 is 0 Å². The lowest BCUT2D eigenvalue weighted by Crippen LogP contribution is -2.39. The van der Waals surface area contributed by atoms with Gasteiger partial charge in [0.15, 0.2) is 5.11 Å². The zero-order valence-electron chi connectivity index (χ0n) is 20.5. The van der Waals surface area contributed by atoms with Gasteiger partial charge < -0.3 is 24.9 Å². The highest BCUT2D eigenvalue weighted by Crippen LogP contribution is 2.29. The number of aromatic nitrogens is 2. The molecule has 2 saturated heterocycles. The molecule has 2 atom stereocenters. The van der Waals surface area contributed by atoms with Crippen molar-refractivity contribution in [3.63, 3.8) is 0 Å². The number of thiocarbonyl (C=S) groups is 1. The number of piperidine rings is 1. The maximum absolute atomic E-state index is 5.98. The molecular formula is C27H34N6OS. The Kier molecular flexibility index (Phi) is 7.18. The predicted molar refractivity (Wildman–Crippen MR) is 146 cm³/mol. The van der Waals surface area contributed by atoms with Gasteiger partial charge in [0.2, 0.25) is 5.95 Å². The molecule has 8 heteroatoms. The average molecular weight is 491 g/mol. The average Bonchev–Trinajstić information content (AvgIpc) is 3.55. The summed E-state index contributed by atoms with van der Waals surface area (Å²) in [7, 11) is 0. The monoisotopic (exact) mass is 490 g/mol. The molecule has 1 aromatic carbocycles. The minimum atomic E-state index is 0.479. The van der Waals surface area contributed by atoms with Crippen LogP contribution >= 0.6 is 12.2 Å². The third kappa shape index (κ3) is 5.93. The van der Waals surface area contributed by atoms with E-state index in [1.165, 1.54) is 19.3 Å². The Morgan fingerprint density at radius 3 is 2.37 bits per heavy atom. The molecule has 184 valence electrons. The molecule has 5 rings (SSSR count). The van der Waals surface area contributed by atoms with Crippen molar-refractivity contribution in [2.45, 2.75) is 39.7 Å². The predicted octanol–water partition coefficient (Wildman–Crippen LogP) is 5.31. The highest BCUT2D eigenvalue weighted by Gasteiger charge is 2.25. The summed E-state index contributed by atoms with van der Waals surface area (Å²) in [4.78, 5) is 14.4. The van der Waals surface area contributed by atoms with Crippen molar-refractivity contribution in [1.29, 1.82) is 0 Å². The third-order valence-electron chi connectivity index (χ3n) is 6.69. The van der Waals surface area contributed by atoms with Crippen LogP contribution in [0.5, 0.6) is 0 Å². The van der Waals surface area contributed by atoms with Crippen LogP contribution in [0.25, 0.3) is 11.3 Å². The third-order valence-corrected chi connectivity index (χ3v) is 6.94. The number of benzene rings is 1. The Morgan fingerprint density at radius 2 is 1.66 bits per heavy atom. The summed E-state index contributed by atoms with van der Waals surface area (Å²) < 4.78 is 5.98. The second-order valence-corrected chi connectivity index (χ2v) is 10.3. The molecule has 0 aliphatic carbocycles. The zero-order valence-corrected chi connectivity index (χ0v) is 21.4. The van der Waals surface area contributed by atoms with Crippen molar-refractivity contribution in [3.05, 3.63) is 54.3 Å². The Bertz CT molecular complexity index is 1130. The standard InChI is InChI=1S/C27H34N6OS/c1-19-14-20(2)18-33(17-19)25-15-24(32-12-6-7-13-32)29-26(30-25)31-27(35)28-16-22-10-11-23(34-22)21-8-4-3-5-9-21/h3-5,8-11,15,19-20H,6-7,12-14,16-18H2,1-2H3,(H2,28,29,30,31,35)/t19-,20+. The van der Waals surface area contributed by atoms with Gasteiger partial charge in [-0.2, -0.15) is 9.97 Å². The van der Waals surface area contributed by atoms with Crippen LogP contribution in [-0.2, 0) is 6.54 Å². The van der Waals surface area contributed by atoms with Gasteiger partial charge in [0.05, 0.1) is 6.54 Å². The molecule has 0 saturated carbocycles. The summed E-state index contributed by atoms with van der Waals surface area (Å²) in [6.45, 7) is 9.23. The highest BCUT2D eigenvalue weighted by molar-refractivity contribution is 7.80. The van der Waals surface area contributed by atoms with Gasteiger partial charge in [-0.3, -0.25) is 0 Å². The molecule has 0 unspecified atom stereocenters. The minimum Gasteiger partial charge on any atom is -0.459 e. The summed E-state index contributed by atoms with van der Waals surface area (Å²) >= 11 is 5.58. The quantitative estimate of drug-likeness (QED) is 0.451. The van der Waals surface area contributed by atoms with Gasteiger partial charge in [0.1, 0.15) is 23.2 Å². The number of rotatable bonds is 6.